The number of aliphatic carboxylic acids is 1. The highest BCUT2D eigenvalue weighted by atomic mass is 35.5. The second kappa shape index (κ2) is 10.0. The predicted molar refractivity (Wildman–Crippen MR) is 127 cm³/mol. The molecule has 4 rings (SSSR count). The Bertz CT molecular complexity index is 894. The largest absolute Gasteiger partial charge is 0.477 e. The zero-order chi connectivity index (χ0) is 22.3. The van der Waals surface area contributed by atoms with Gasteiger partial charge in [-0.1, -0.05) is 19.1 Å². The molecular weight excluding hydrogens is 452 g/mol. The Morgan fingerprint density at radius 1 is 1.38 bits per heavy atom. The van der Waals surface area contributed by atoms with Gasteiger partial charge in [0.25, 0.3) is 0 Å². The fourth-order valence-electron chi connectivity index (χ4n) is 4.89. The number of rotatable bonds is 8. The molecule has 176 valence electrons. The first-order valence-electron chi connectivity index (χ1n) is 10.7. The molecule has 0 saturated carbocycles. The summed E-state index contributed by atoms with van der Waals surface area (Å²) in [6.07, 6.45) is 0.123. The van der Waals surface area contributed by atoms with Crippen LogP contribution >= 0.6 is 24.2 Å². The molecule has 10 heteroatoms. The first-order valence-corrected chi connectivity index (χ1v) is 11.6. The molecule has 0 bridgehead atoms. The highest BCUT2D eigenvalue weighted by molar-refractivity contribution is 8.03. The van der Waals surface area contributed by atoms with Crippen molar-refractivity contribution in [3.63, 3.8) is 0 Å². The number of β-lactam (4-membered cyclic amide) rings is 1. The molecule has 2 saturated heterocycles. The van der Waals surface area contributed by atoms with Crippen LogP contribution in [0, 0.1) is 11.8 Å². The maximum absolute atomic E-state index is 12.5. The second-order valence-corrected chi connectivity index (χ2v) is 9.98. The Labute approximate surface area is 198 Å². The number of aliphatic hydroxyl groups is 1. The number of anilines is 1. The van der Waals surface area contributed by atoms with Crippen LogP contribution in [0.5, 0.6) is 0 Å². The molecule has 1 aromatic carbocycles. The Morgan fingerprint density at radius 2 is 2.06 bits per heavy atom. The Kier molecular flexibility index (Phi) is 7.77. The number of carbonyl (C=O) groups is 2. The van der Waals surface area contributed by atoms with Gasteiger partial charge in [0.05, 0.1) is 18.1 Å². The summed E-state index contributed by atoms with van der Waals surface area (Å²) in [5.74, 6) is -1.97. The van der Waals surface area contributed by atoms with E-state index < -0.39 is 18.0 Å². The van der Waals surface area contributed by atoms with Crippen LogP contribution in [-0.4, -0.2) is 63.5 Å². The summed E-state index contributed by atoms with van der Waals surface area (Å²) in [6.45, 7) is 5.64. The summed E-state index contributed by atoms with van der Waals surface area (Å²) in [5, 5.41) is 26.9. The molecule has 6 N–H and O–H groups in total. The van der Waals surface area contributed by atoms with E-state index in [9.17, 15) is 19.8 Å². The van der Waals surface area contributed by atoms with Gasteiger partial charge in [-0.2, -0.15) is 0 Å². The number of aliphatic hydroxyl groups excluding tert-OH is 1. The average molecular weight is 483 g/mol. The fourth-order valence-corrected chi connectivity index (χ4v) is 6.40. The molecule has 0 radical (unpaired) electrons. The number of carbonyl (C=O) groups excluding carboxylic acids is 1. The third-order valence-corrected chi connectivity index (χ3v) is 8.04. The molecule has 1 aromatic rings. The standard InChI is InChI=1S/C22H30N4O4S.ClH/c1-11-18-17(12(2)27)21(28)26(18)19(22(29)30)20(11)31-16-7-15(25-10-16)9-24-14-5-3-13(8-23)4-6-14;/h3-6,11-12,15-18,24-25,27H,7-10,23H2,1-2H3,(H,29,30);1H/t11-,12-,15+,16+,17-,18-;/m1./s1. The number of halogens is 1. The van der Waals surface area contributed by atoms with E-state index in [0.29, 0.717) is 6.54 Å². The van der Waals surface area contributed by atoms with Crippen LogP contribution in [0.3, 0.4) is 0 Å². The van der Waals surface area contributed by atoms with Crippen molar-refractivity contribution in [3.05, 3.63) is 40.4 Å². The quantitative estimate of drug-likeness (QED) is 0.353. The highest BCUT2D eigenvalue weighted by Gasteiger charge is 2.60. The maximum atomic E-state index is 12.5. The van der Waals surface area contributed by atoms with Crippen molar-refractivity contribution in [2.24, 2.45) is 17.6 Å². The Hall–Kier alpha value is -1.78. The van der Waals surface area contributed by atoms with Gasteiger partial charge in [-0.25, -0.2) is 4.79 Å². The van der Waals surface area contributed by atoms with E-state index in [1.165, 1.54) is 4.90 Å². The van der Waals surface area contributed by atoms with Crippen LogP contribution in [0.15, 0.2) is 34.9 Å². The van der Waals surface area contributed by atoms with Crippen LogP contribution in [0.1, 0.15) is 25.8 Å². The molecule has 0 unspecified atom stereocenters. The molecule has 8 nitrogen and oxygen atoms in total. The molecule has 3 aliphatic heterocycles. The molecule has 0 spiro atoms. The van der Waals surface area contributed by atoms with Crippen molar-refractivity contribution in [1.29, 1.82) is 0 Å². The lowest BCUT2D eigenvalue weighted by Gasteiger charge is -2.46. The van der Waals surface area contributed by atoms with Crippen molar-refractivity contribution >= 4 is 41.7 Å². The lowest BCUT2D eigenvalue weighted by Crippen LogP contribution is -2.63. The number of thioether (sulfide) groups is 1. The van der Waals surface area contributed by atoms with E-state index >= 15 is 0 Å². The SMILES string of the molecule is C[C@@H](O)[C@H]1C(=O)N2C(C(=O)O)=C(S[C@@H]3CN[C@H](CNc4ccc(CN)cc4)C3)[C@H](C)[C@H]12.Cl. The van der Waals surface area contributed by atoms with E-state index in [0.717, 1.165) is 35.7 Å². The van der Waals surface area contributed by atoms with Crippen LogP contribution in [0.25, 0.3) is 0 Å². The molecule has 2 fully saturated rings. The van der Waals surface area contributed by atoms with E-state index in [4.69, 9.17) is 5.73 Å². The molecule has 0 aromatic heterocycles. The number of hydrogen-bond acceptors (Lipinski definition) is 7. The number of amides is 1. The van der Waals surface area contributed by atoms with Crippen molar-refractivity contribution in [2.45, 2.75) is 50.3 Å². The second-order valence-electron chi connectivity index (χ2n) is 8.63. The van der Waals surface area contributed by atoms with Crippen LogP contribution in [0.2, 0.25) is 0 Å². The molecular formula is C22H31ClN4O4S. The number of nitrogens with one attached hydrogen (secondary N) is 2. The minimum absolute atomic E-state index is 0. The summed E-state index contributed by atoms with van der Waals surface area (Å²) < 4.78 is 0. The third kappa shape index (κ3) is 4.49. The van der Waals surface area contributed by atoms with Gasteiger partial charge < -0.3 is 31.5 Å². The zero-order valence-corrected chi connectivity index (χ0v) is 19.8. The number of nitrogens with zero attached hydrogens (tertiary/aromatic N) is 1. The number of nitrogens with two attached hydrogens (primary N) is 1. The summed E-state index contributed by atoms with van der Waals surface area (Å²) >= 11 is 1.57. The van der Waals surface area contributed by atoms with Crippen molar-refractivity contribution in [3.8, 4) is 0 Å². The molecule has 32 heavy (non-hydrogen) atoms. The molecule has 3 heterocycles. The molecule has 3 aliphatic rings. The van der Waals surface area contributed by atoms with Gasteiger partial charge >= 0.3 is 5.97 Å². The fraction of sp³-hybridized carbons (Fsp3) is 0.545. The monoisotopic (exact) mass is 482 g/mol. The smallest absolute Gasteiger partial charge is 0.353 e. The normalized spacial score (nSPS) is 29.9. The predicted octanol–water partition coefficient (Wildman–Crippen LogP) is 1.60. The minimum Gasteiger partial charge on any atom is -0.477 e. The molecule has 0 aliphatic carbocycles. The topological polar surface area (TPSA) is 128 Å². The third-order valence-electron chi connectivity index (χ3n) is 6.53. The van der Waals surface area contributed by atoms with E-state index in [1.54, 1.807) is 18.7 Å². The van der Waals surface area contributed by atoms with E-state index in [1.807, 2.05) is 31.2 Å². The number of carboxylic acid groups (broad SMARTS) is 1. The van der Waals surface area contributed by atoms with E-state index in [2.05, 4.69) is 10.6 Å². The van der Waals surface area contributed by atoms with Crippen LogP contribution < -0.4 is 16.4 Å². The number of fused-ring (bicyclic) bond motifs is 1. The average Bonchev–Trinajstić information content (AvgIpc) is 3.28. The maximum Gasteiger partial charge on any atom is 0.353 e. The van der Waals surface area contributed by atoms with Crippen molar-refractivity contribution < 1.29 is 19.8 Å². The van der Waals surface area contributed by atoms with Crippen molar-refractivity contribution in [1.82, 2.24) is 10.2 Å². The van der Waals surface area contributed by atoms with Gasteiger partial charge in [0, 0.05) is 47.4 Å². The van der Waals surface area contributed by atoms with Gasteiger partial charge in [-0.15, -0.1) is 24.2 Å². The van der Waals surface area contributed by atoms with Gasteiger partial charge in [0.1, 0.15) is 5.70 Å². The zero-order valence-electron chi connectivity index (χ0n) is 18.2. The highest BCUT2D eigenvalue weighted by Crippen LogP contribution is 2.51. The van der Waals surface area contributed by atoms with Gasteiger partial charge in [-0.3, -0.25) is 4.79 Å². The lowest BCUT2D eigenvalue weighted by molar-refractivity contribution is -0.163. The first kappa shape index (κ1) is 24.9. The first-order chi connectivity index (χ1) is 14.8. The summed E-state index contributed by atoms with van der Waals surface area (Å²) in [4.78, 5) is 26.6. The molecule has 1 amide bonds. The summed E-state index contributed by atoms with van der Waals surface area (Å²) in [6, 6.07) is 8.08. The Balaban J connectivity index is 0.00000289. The van der Waals surface area contributed by atoms with Gasteiger partial charge in [-0.05, 0) is 31.0 Å². The summed E-state index contributed by atoms with van der Waals surface area (Å²) in [7, 11) is 0. The van der Waals surface area contributed by atoms with Crippen molar-refractivity contribution in [2.75, 3.05) is 18.4 Å². The van der Waals surface area contributed by atoms with E-state index in [-0.39, 0.29) is 47.3 Å². The minimum atomic E-state index is -1.07. The number of carboxylic acids is 1. The number of benzene rings is 1. The van der Waals surface area contributed by atoms with Gasteiger partial charge in [0.15, 0.2) is 0 Å². The number of hydrogen-bond donors (Lipinski definition) is 5. The summed E-state index contributed by atoms with van der Waals surface area (Å²) in [5.41, 5.74) is 7.88. The lowest BCUT2D eigenvalue weighted by atomic mass is 9.79. The molecule has 6 atom stereocenters. The van der Waals surface area contributed by atoms with Crippen LogP contribution in [-0.2, 0) is 16.1 Å². The van der Waals surface area contributed by atoms with Gasteiger partial charge in [0.2, 0.25) is 5.91 Å². The Morgan fingerprint density at radius 3 is 2.66 bits per heavy atom. The van der Waals surface area contributed by atoms with Crippen LogP contribution in [0.4, 0.5) is 5.69 Å².